The van der Waals surface area contributed by atoms with Gasteiger partial charge in [0.1, 0.15) is 0 Å². The minimum atomic E-state index is -0.659. The van der Waals surface area contributed by atoms with E-state index in [4.69, 9.17) is 18.9 Å². The number of aliphatic imine (C=N–C) groups is 1. The SMILES string of the molecule is CCOC(=O)C1=C(C)N=C2SC(c3ccc(OC)c(OC)c3OC)=CC(=O)N2[C@H]1c1ccccc1. The molecule has 0 unspecified atom stereocenters. The van der Waals surface area contributed by atoms with Crippen molar-refractivity contribution in [3.8, 4) is 17.2 Å². The van der Waals surface area contributed by atoms with Crippen molar-refractivity contribution in [2.24, 2.45) is 4.99 Å². The first-order valence-corrected chi connectivity index (χ1v) is 11.8. The number of rotatable bonds is 7. The summed E-state index contributed by atoms with van der Waals surface area (Å²) in [6.45, 7) is 3.72. The summed E-state index contributed by atoms with van der Waals surface area (Å²) >= 11 is 1.32. The van der Waals surface area contributed by atoms with Crippen LogP contribution in [0, 0.1) is 0 Å². The Kier molecular flexibility index (Phi) is 7.16. The highest BCUT2D eigenvalue weighted by Crippen LogP contribution is 2.49. The molecule has 2 aromatic rings. The van der Waals surface area contributed by atoms with Crippen molar-refractivity contribution < 1.29 is 28.5 Å². The molecular weight excluding hydrogens is 468 g/mol. The minimum absolute atomic E-state index is 0.222. The second-order valence-electron chi connectivity index (χ2n) is 7.63. The van der Waals surface area contributed by atoms with E-state index in [1.807, 2.05) is 36.4 Å². The Hall–Kier alpha value is -3.72. The van der Waals surface area contributed by atoms with Crippen molar-refractivity contribution in [3.05, 3.63) is 70.9 Å². The largest absolute Gasteiger partial charge is 0.493 e. The van der Waals surface area contributed by atoms with Crippen molar-refractivity contribution >= 4 is 33.7 Å². The molecule has 0 N–H and O–H groups in total. The number of hydrogen-bond donors (Lipinski definition) is 0. The summed E-state index contributed by atoms with van der Waals surface area (Å²) in [5.74, 6) is 0.590. The molecule has 0 bridgehead atoms. The highest BCUT2D eigenvalue weighted by atomic mass is 32.2. The molecule has 0 saturated heterocycles. The Labute approximate surface area is 208 Å². The van der Waals surface area contributed by atoms with E-state index in [9.17, 15) is 9.59 Å². The smallest absolute Gasteiger partial charge is 0.338 e. The average molecular weight is 495 g/mol. The third-order valence-electron chi connectivity index (χ3n) is 5.66. The van der Waals surface area contributed by atoms with E-state index in [1.54, 1.807) is 27.0 Å². The van der Waals surface area contributed by atoms with Gasteiger partial charge in [0.2, 0.25) is 5.75 Å². The lowest BCUT2D eigenvalue weighted by Crippen LogP contribution is -2.44. The molecule has 35 heavy (non-hydrogen) atoms. The van der Waals surface area contributed by atoms with E-state index < -0.39 is 12.0 Å². The van der Waals surface area contributed by atoms with Gasteiger partial charge in [-0.3, -0.25) is 9.69 Å². The fourth-order valence-corrected chi connectivity index (χ4v) is 5.25. The standard InChI is InChI=1S/C26H26N2O6S/c1-6-34-25(30)21-15(2)27-26-28(22(21)16-10-8-7-9-11-16)20(29)14-19(35-26)17-12-13-18(31-3)24(33-5)23(17)32-4/h7-14,22H,6H2,1-5H3/t22-/m0/s1. The molecule has 2 aromatic carbocycles. The van der Waals surface area contributed by atoms with E-state index in [2.05, 4.69) is 4.99 Å². The summed E-state index contributed by atoms with van der Waals surface area (Å²) in [6.07, 6.45) is 1.52. The Balaban J connectivity index is 1.85. The first-order valence-electron chi connectivity index (χ1n) is 11.0. The molecule has 0 spiro atoms. The quantitative estimate of drug-likeness (QED) is 0.521. The predicted molar refractivity (Wildman–Crippen MR) is 134 cm³/mol. The van der Waals surface area contributed by atoms with E-state index in [0.717, 1.165) is 5.56 Å². The molecule has 0 radical (unpaired) electrons. The van der Waals surface area contributed by atoms with Crippen molar-refractivity contribution in [2.75, 3.05) is 27.9 Å². The Morgan fingerprint density at radius 2 is 1.74 bits per heavy atom. The molecule has 182 valence electrons. The molecule has 0 aromatic heterocycles. The number of fused-ring (bicyclic) bond motifs is 1. The van der Waals surface area contributed by atoms with Crippen LogP contribution < -0.4 is 14.2 Å². The highest BCUT2D eigenvalue weighted by molar-refractivity contribution is 8.21. The third kappa shape index (κ3) is 4.39. The monoisotopic (exact) mass is 494 g/mol. The van der Waals surface area contributed by atoms with Gasteiger partial charge in [-0.15, -0.1) is 0 Å². The zero-order valence-electron chi connectivity index (χ0n) is 20.2. The number of methoxy groups -OCH3 is 3. The van der Waals surface area contributed by atoms with Gasteiger partial charge in [-0.05, 0) is 31.5 Å². The molecule has 0 saturated carbocycles. The van der Waals surface area contributed by atoms with Gasteiger partial charge in [0.25, 0.3) is 5.91 Å². The number of amidine groups is 1. The normalized spacial score (nSPS) is 17.3. The van der Waals surface area contributed by atoms with Crippen molar-refractivity contribution in [2.45, 2.75) is 19.9 Å². The van der Waals surface area contributed by atoms with E-state index in [0.29, 0.717) is 44.2 Å². The summed E-state index contributed by atoms with van der Waals surface area (Å²) in [5, 5.41) is 0.462. The number of nitrogens with zero attached hydrogens (tertiary/aromatic N) is 2. The van der Waals surface area contributed by atoms with Crippen LogP contribution in [0.5, 0.6) is 17.2 Å². The molecule has 4 rings (SSSR count). The number of allylic oxidation sites excluding steroid dienone is 1. The van der Waals surface area contributed by atoms with Crippen LogP contribution in [0.4, 0.5) is 0 Å². The van der Waals surface area contributed by atoms with Gasteiger partial charge in [-0.2, -0.15) is 0 Å². The summed E-state index contributed by atoms with van der Waals surface area (Å²) in [4.78, 5) is 33.3. The maximum atomic E-state index is 13.6. The second-order valence-corrected chi connectivity index (χ2v) is 8.64. The lowest BCUT2D eigenvalue weighted by molar-refractivity contribution is -0.139. The number of hydrogen-bond acceptors (Lipinski definition) is 8. The lowest BCUT2D eigenvalue weighted by atomic mass is 9.94. The zero-order chi connectivity index (χ0) is 25.1. The zero-order valence-corrected chi connectivity index (χ0v) is 21.0. The molecule has 1 amide bonds. The summed E-state index contributed by atoms with van der Waals surface area (Å²) in [5.41, 5.74) is 2.30. The number of amides is 1. The number of thioether (sulfide) groups is 1. The maximum Gasteiger partial charge on any atom is 0.338 e. The molecule has 9 heteroatoms. The molecule has 0 fully saturated rings. The van der Waals surface area contributed by atoms with Gasteiger partial charge in [-0.1, -0.05) is 42.1 Å². The van der Waals surface area contributed by atoms with Gasteiger partial charge < -0.3 is 18.9 Å². The third-order valence-corrected chi connectivity index (χ3v) is 6.69. The number of esters is 1. The van der Waals surface area contributed by atoms with E-state index >= 15 is 0 Å². The van der Waals surface area contributed by atoms with Crippen LogP contribution in [0.25, 0.3) is 4.91 Å². The van der Waals surface area contributed by atoms with Crippen LogP contribution in [0.15, 0.2) is 64.8 Å². The Bertz CT molecular complexity index is 1250. The van der Waals surface area contributed by atoms with Crippen LogP contribution in [-0.4, -0.2) is 49.9 Å². The Morgan fingerprint density at radius 1 is 1.03 bits per heavy atom. The van der Waals surface area contributed by atoms with Gasteiger partial charge in [-0.25, -0.2) is 9.79 Å². The summed E-state index contributed by atoms with van der Waals surface area (Å²) in [6, 6.07) is 12.3. The van der Waals surface area contributed by atoms with E-state index in [1.165, 1.54) is 37.0 Å². The minimum Gasteiger partial charge on any atom is -0.493 e. The molecule has 2 aliphatic heterocycles. The first kappa shape index (κ1) is 24.4. The number of carbonyl (C=O) groups is 2. The van der Waals surface area contributed by atoms with Crippen LogP contribution in [0.1, 0.15) is 31.0 Å². The van der Waals surface area contributed by atoms with Crippen molar-refractivity contribution in [1.29, 1.82) is 0 Å². The molecule has 2 aliphatic rings. The fraction of sp³-hybridized carbons (Fsp3) is 0.269. The van der Waals surface area contributed by atoms with E-state index in [-0.39, 0.29) is 12.5 Å². The first-order chi connectivity index (χ1) is 16.9. The topological polar surface area (TPSA) is 86.7 Å². The Morgan fingerprint density at radius 3 is 2.37 bits per heavy atom. The molecule has 8 nitrogen and oxygen atoms in total. The average Bonchev–Trinajstić information content (AvgIpc) is 2.87. The molecule has 0 aliphatic carbocycles. The van der Waals surface area contributed by atoms with Crippen LogP contribution >= 0.6 is 11.8 Å². The van der Waals surface area contributed by atoms with Gasteiger partial charge in [0.15, 0.2) is 16.7 Å². The lowest BCUT2D eigenvalue weighted by Gasteiger charge is -2.38. The van der Waals surface area contributed by atoms with Gasteiger partial charge in [0, 0.05) is 16.5 Å². The number of carbonyl (C=O) groups excluding carboxylic acids is 2. The highest BCUT2D eigenvalue weighted by Gasteiger charge is 2.42. The fourth-order valence-electron chi connectivity index (χ4n) is 4.15. The summed E-state index contributed by atoms with van der Waals surface area (Å²) in [7, 11) is 4.61. The summed E-state index contributed by atoms with van der Waals surface area (Å²) < 4.78 is 21.8. The molecular formula is C26H26N2O6S. The van der Waals surface area contributed by atoms with Gasteiger partial charge in [0.05, 0.1) is 45.2 Å². The van der Waals surface area contributed by atoms with Crippen LogP contribution in [0.3, 0.4) is 0 Å². The second kappa shape index (κ2) is 10.3. The van der Waals surface area contributed by atoms with Gasteiger partial charge >= 0.3 is 5.97 Å². The molecule has 1 atom stereocenters. The van der Waals surface area contributed by atoms with Crippen LogP contribution in [-0.2, 0) is 14.3 Å². The number of ether oxygens (including phenoxy) is 4. The predicted octanol–water partition coefficient (Wildman–Crippen LogP) is 4.58. The molecule has 2 heterocycles. The van der Waals surface area contributed by atoms with Crippen LogP contribution in [0.2, 0.25) is 0 Å². The van der Waals surface area contributed by atoms with Crippen molar-refractivity contribution in [1.82, 2.24) is 4.90 Å². The maximum absolute atomic E-state index is 13.6. The number of benzene rings is 2. The van der Waals surface area contributed by atoms with Crippen molar-refractivity contribution in [3.63, 3.8) is 0 Å².